The standard InChI is InChI=1S/C10H22O2Si.3CH4O/c1-4-12-13(2,3)8-6-5-7-10-9-11-10;3*1-2/h10H,4-9H2,1-3H3;3*2H,1H3. The van der Waals surface area contributed by atoms with E-state index in [4.69, 9.17) is 24.5 Å². The van der Waals surface area contributed by atoms with E-state index >= 15 is 0 Å². The zero-order valence-electron chi connectivity index (χ0n) is 13.5. The molecule has 1 aliphatic rings. The molecule has 3 N–H and O–H groups in total. The van der Waals surface area contributed by atoms with Crippen molar-refractivity contribution in [1.82, 2.24) is 0 Å². The summed E-state index contributed by atoms with van der Waals surface area (Å²) >= 11 is 0. The van der Waals surface area contributed by atoms with E-state index in [9.17, 15) is 0 Å². The van der Waals surface area contributed by atoms with Crippen LogP contribution in [0.4, 0.5) is 0 Å². The maximum atomic E-state index is 7.00. The van der Waals surface area contributed by atoms with E-state index in [1.54, 1.807) is 0 Å². The summed E-state index contributed by atoms with van der Waals surface area (Å²) in [4.78, 5) is 0. The van der Waals surface area contributed by atoms with Crippen molar-refractivity contribution in [2.24, 2.45) is 0 Å². The lowest BCUT2D eigenvalue weighted by molar-refractivity contribution is 0.326. The number of aliphatic hydroxyl groups excluding tert-OH is 3. The highest BCUT2D eigenvalue weighted by Gasteiger charge is 2.23. The molecule has 6 heteroatoms. The number of epoxide rings is 1. The third-order valence-corrected chi connectivity index (χ3v) is 5.12. The summed E-state index contributed by atoms with van der Waals surface area (Å²) in [5.74, 6) is 0. The molecular formula is C13H34O5Si. The average Bonchev–Trinajstić information content (AvgIpc) is 3.26. The van der Waals surface area contributed by atoms with Gasteiger partial charge in [-0.25, -0.2) is 0 Å². The zero-order valence-corrected chi connectivity index (χ0v) is 14.5. The maximum absolute atomic E-state index is 7.00. The first-order valence-corrected chi connectivity index (χ1v) is 9.85. The van der Waals surface area contributed by atoms with Crippen LogP contribution in [0, 0.1) is 0 Å². The Balaban J connectivity index is -0.000000375. The summed E-state index contributed by atoms with van der Waals surface area (Å²) in [7, 11) is 1.70. The van der Waals surface area contributed by atoms with Gasteiger partial charge in [0, 0.05) is 27.9 Å². The molecule has 0 saturated carbocycles. The first-order valence-electron chi connectivity index (χ1n) is 6.74. The predicted molar refractivity (Wildman–Crippen MR) is 81.9 cm³/mol. The second-order valence-electron chi connectivity index (χ2n) is 4.39. The molecule has 0 aromatic heterocycles. The summed E-state index contributed by atoms with van der Waals surface area (Å²) < 4.78 is 10.9. The van der Waals surface area contributed by atoms with Gasteiger partial charge in [0.15, 0.2) is 8.32 Å². The van der Waals surface area contributed by atoms with Gasteiger partial charge in [-0.15, -0.1) is 0 Å². The van der Waals surface area contributed by atoms with E-state index in [1.807, 2.05) is 0 Å². The Bertz CT molecular complexity index is 152. The van der Waals surface area contributed by atoms with Gasteiger partial charge in [0.05, 0.1) is 12.7 Å². The van der Waals surface area contributed by atoms with Crippen LogP contribution in [0.2, 0.25) is 19.1 Å². The highest BCUT2D eigenvalue weighted by Crippen LogP contribution is 2.20. The van der Waals surface area contributed by atoms with Crippen molar-refractivity contribution in [2.45, 2.75) is 51.4 Å². The van der Waals surface area contributed by atoms with Crippen molar-refractivity contribution in [3.05, 3.63) is 0 Å². The average molecular weight is 298 g/mol. The van der Waals surface area contributed by atoms with Crippen molar-refractivity contribution in [2.75, 3.05) is 34.5 Å². The number of hydrogen-bond acceptors (Lipinski definition) is 5. The zero-order chi connectivity index (χ0) is 15.7. The molecule has 0 aromatic rings. The first kappa shape index (κ1) is 24.1. The minimum atomic E-state index is -1.30. The Kier molecular flexibility index (Phi) is 22.8. The van der Waals surface area contributed by atoms with Crippen LogP contribution in [0.25, 0.3) is 0 Å². The molecule has 5 nitrogen and oxygen atoms in total. The number of aliphatic hydroxyl groups is 3. The van der Waals surface area contributed by atoms with Crippen molar-refractivity contribution in [3.8, 4) is 0 Å². The van der Waals surface area contributed by atoms with Crippen LogP contribution in [0.15, 0.2) is 0 Å². The van der Waals surface area contributed by atoms with Gasteiger partial charge in [0.2, 0.25) is 0 Å². The minimum Gasteiger partial charge on any atom is -0.418 e. The van der Waals surface area contributed by atoms with Gasteiger partial charge in [0.1, 0.15) is 0 Å². The Morgan fingerprint density at radius 3 is 1.89 bits per heavy atom. The van der Waals surface area contributed by atoms with E-state index < -0.39 is 8.32 Å². The highest BCUT2D eigenvalue weighted by molar-refractivity contribution is 6.71. The topological polar surface area (TPSA) is 82.5 Å². The maximum Gasteiger partial charge on any atom is 0.186 e. The molecule has 19 heavy (non-hydrogen) atoms. The molecule has 120 valence electrons. The fourth-order valence-corrected chi connectivity index (χ4v) is 3.65. The normalized spacial score (nSPS) is 15.9. The summed E-state index contributed by atoms with van der Waals surface area (Å²) in [6.07, 6.45) is 4.50. The number of hydrogen-bond donors (Lipinski definition) is 3. The first-order chi connectivity index (χ1) is 9.14. The van der Waals surface area contributed by atoms with Crippen LogP contribution in [-0.4, -0.2) is 64.3 Å². The Hall–Kier alpha value is 0.0169. The number of unbranched alkanes of at least 4 members (excludes halogenated alkanes) is 1. The largest absolute Gasteiger partial charge is 0.418 e. The third-order valence-electron chi connectivity index (χ3n) is 2.49. The fourth-order valence-electron chi connectivity index (χ4n) is 1.62. The highest BCUT2D eigenvalue weighted by atomic mass is 28.4. The number of rotatable bonds is 7. The van der Waals surface area contributed by atoms with Crippen LogP contribution < -0.4 is 0 Å². The van der Waals surface area contributed by atoms with Gasteiger partial charge in [-0.05, 0) is 32.5 Å². The monoisotopic (exact) mass is 298 g/mol. The van der Waals surface area contributed by atoms with Gasteiger partial charge in [-0.1, -0.05) is 12.8 Å². The van der Waals surface area contributed by atoms with Crippen molar-refractivity contribution in [3.63, 3.8) is 0 Å². The van der Waals surface area contributed by atoms with Gasteiger partial charge >= 0.3 is 0 Å². The van der Waals surface area contributed by atoms with Gasteiger partial charge in [0.25, 0.3) is 0 Å². The van der Waals surface area contributed by atoms with Crippen molar-refractivity contribution >= 4 is 8.32 Å². The third kappa shape index (κ3) is 20.5. The molecule has 1 aliphatic heterocycles. The molecular weight excluding hydrogens is 264 g/mol. The van der Waals surface area contributed by atoms with Crippen LogP contribution >= 0.6 is 0 Å². The Labute approximate surface area is 119 Å². The van der Waals surface area contributed by atoms with Crippen molar-refractivity contribution in [1.29, 1.82) is 0 Å². The molecule has 0 aromatic carbocycles. The molecule has 0 bridgehead atoms. The lowest BCUT2D eigenvalue weighted by Gasteiger charge is -2.21. The molecule has 1 saturated heterocycles. The van der Waals surface area contributed by atoms with Crippen LogP contribution in [0.5, 0.6) is 0 Å². The number of ether oxygens (including phenoxy) is 1. The fraction of sp³-hybridized carbons (Fsp3) is 1.00. The second-order valence-corrected chi connectivity index (χ2v) is 8.70. The van der Waals surface area contributed by atoms with E-state index in [-0.39, 0.29) is 0 Å². The molecule has 1 atom stereocenters. The minimum absolute atomic E-state index is 0.608. The molecule has 1 rings (SSSR count). The SMILES string of the molecule is CCO[Si](C)(C)CCCCC1CO1.CO.CO.CO. The van der Waals surface area contributed by atoms with Gasteiger partial charge < -0.3 is 24.5 Å². The van der Waals surface area contributed by atoms with Gasteiger partial charge in [-0.2, -0.15) is 0 Å². The van der Waals surface area contributed by atoms with E-state index in [0.717, 1.165) is 34.5 Å². The summed E-state index contributed by atoms with van der Waals surface area (Å²) in [5, 5.41) is 21.0. The summed E-state index contributed by atoms with van der Waals surface area (Å²) in [6.45, 7) is 8.60. The predicted octanol–water partition coefficient (Wildman–Crippen LogP) is 1.62. The van der Waals surface area contributed by atoms with Crippen molar-refractivity contribution < 1.29 is 24.5 Å². The molecule has 0 aliphatic carbocycles. The van der Waals surface area contributed by atoms with Crippen LogP contribution in [-0.2, 0) is 9.16 Å². The molecule has 1 heterocycles. The van der Waals surface area contributed by atoms with E-state index in [0.29, 0.717) is 6.10 Å². The summed E-state index contributed by atoms with van der Waals surface area (Å²) in [6, 6.07) is 1.30. The summed E-state index contributed by atoms with van der Waals surface area (Å²) in [5.41, 5.74) is 0. The smallest absolute Gasteiger partial charge is 0.186 e. The van der Waals surface area contributed by atoms with E-state index in [1.165, 1.54) is 25.3 Å². The molecule has 1 unspecified atom stereocenters. The van der Waals surface area contributed by atoms with Crippen LogP contribution in [0.3, 0.4) is 0 Å². The quantitative estimate of drug-likeness (QED) is 0.378. The lowest BCUT2D eigenvalue weighted by Crippen LogP contribution is -2.29. The second kappa shape index (κ2) is 18.0. The molecule has 0 amide bonds. The molecule has 0 spiro atoms. The van der Waals surface area contributed by atoms with Gasteiger partial charge in [-0.3, -0.25) is 0 Å². The van der Waals surface area contributed by atoms with Crippen LogP contribution in [0.1, 0.15) is 26.2 Å². The van der Waals surface area contributed by atoms with E-state index in [2.05, 4.69) is 20.0 Å². The molecule has 1 fully saturated rings. The molecule has 0 radical (unpaired) electrons. The lowest BCUT2D eigenvalue weighted by atomic mass is 10.2. The Morgan fingerprint density at radius 1 is 1.05 bits per heavy atom. The Morgan fingerprint density at radius 2 is 1.53 bits per heavy atom.